The third-order valence-corrected chi connectivity index (χ3v) is 5.66. The Morgan fingerprint density at radius 3 is 1.32 bits per heavy atom. The van der Waals surface area contributed by atoms with E-state index in [0.717, 1.165) is 33.8 Å². The lowest BCUT2D eigenvalue weighted by Crippen LogP contribution is -2.13. The Bertz CT molecular complexity index is 1090. The molecule has 0 aliphatic heterocycles. The Labute approximate surface area is 202 Å². The molecule has 0 N–H and O–H groups in total. The fourth-order valence-electron chi connectivity index (χ4n) is 3.35. The van der Waals surface area contributed by atoms with Gasteiger partial charge in [-0.3, -0.25) is 8.37 Å². The lowest BCUT2D eigenvalue weighted by Gasteiger charge is -2.09. The molecule has 0 spiro atoms. The van der Waals surface area contributed by atoms with Crippen LogP contribution in [-0.2, 0) is 19.7 Å². The normalized spacial score (nSPS) is 10.9. The maximum Gasteiger partial charge on any atom is 0.304 e. The van der Waals surface area contributed by atoms with E-state index in [2.05, 4.69) is 0 Å². The molecule has 0 aromatic heterocycles. The van der Waals surface area contributed by atoms with E-state index >= 15 is 0 Å². The standard InChI is InChI=1S/C28H26O5S/c29-34(32-19-17-30-27-15-7-13-25(21-27)23-9-3-1-4-10-23)33-20-18-31-28-16-8-14-26(22-28)24-11-5-2-6-12-24/h1-16,21-22H,17-20H2. The largest absolute Gasteiger partial charge is 0.491 e. The monoisotopic (exact) mass is 474 g/mol. The summed E-state index contributed by atoms with van der Waals surface area (Å²) in [6, 6.07) is 35.8. The Balaban J connectivity index is 1.13. The van der Waals surface area contributed by atoms with Gasteiger partial charge in [0, 0.05) is 0 Å². The van der Waals surface area contributed by atoms with Gasteiger partial charge >= 0.3 is 11.4 Å². The van der Waals surface area contributed by atoms with E-state index < -0.39 is 11.4 Å². The molecule has 0 saturated carbocycles. The molecule has 4 rings (SSSR count). The van der Waals surface area contributed by atoms with Crippen LogP contribution in [0.2, 0.25) is 0 Å². The predicted octanol–water partition coefficient (Wildman–Crippen LogP) is 6.09. The zero-order valence-electron chi connectivity index (χ0n) is 18.7. The molecule has 0 fully saturated rings. The van der Waals surface area contributed by atoms with Crippen LogP contribution in [0.25, 0.3) is 22.3 Å². The second-order valence-corrected chi connectivity index (χ2v) is 8.21. The lowest BCUT2D eigenvalue weighted by molar-refractivity contribution is 0.179. The van der Waals surface area contributed by atoms with Crippen LogP contribution in [0.1, 0.15) is 0 Å². The third kappa shape index (κ3) is 7.28. The van der Waals surface area contributed by atoms with Crippen molar-refractivity contribution >= 4 is 11.4 Å². The summed E-state index contributed by atoms with van der Waals surface area (Å²) in [5.41, 5.74) is 4.38. The van der Waals surface area contributed by atoms with Crippen molar-refractivity contribution in [1.82, 2.24) is 0 Å². The first-order valence-corrected chi connectivity index (χ1v) is 12.0. The summed E-state index contributed by atoms with van der Waals surface area (Å²) in [5, 5.41) is 0. The summed E-state index contributed by atoms with van der Waals surface area (Å²) in [5.74, 6) is 1.45. The van der Waals surface area contributed by atoms with Crippen LogP contribution in [0, 0.1) is 0 Å². The van der Waals surface area contributed by atoms with E-state index in [4.69, 9.17) is 17.8 Å². The van der Waals surface area contributed by atoms with Crippen LogP contribution in [0.3, 0.4) is 0 Å². The van der Waals surface area contributed by atoms with Gasteiger partial charge in [0.15, 0.2) is 0 Å². The van der Waals surface area contributed by atoms with Crippen molar-refractivity contribution in [3.05, 3.63) is 109 Å². The van der Waals surface area contributed by atoms with Gasteiger partial charge in [0.25, 0.3) is 0 Å². The average Bonchev–Trinajstić information content (AvgIpc) is 2.90. The molecule has 0 unspecified atom stereocenters. The summed E-state index contributed by atoms with van der Waals surface area (Å²) in [4.78, 5) is 0. The topological polar surface area (TPSA) is 54.0 Å². The molecule has 0 aliphatic carbocycles. The van der Waals surface area contributed by atoms with E-state index in [1.54, 1.807) is 0 Å². The van der Waals surface area contributed by atoms with Gasteiger partial charge in [0.05, 0.1) is 0 Å². The van der Waals surface area contributed by atoms with Crippen molar-refractivity contribution in [2.24, 2.45) is 0 Å². The maximum absolute atomic E-state index is 11.9. The fraction of sp³-hybridized carbons (Fsp3) is 0.143. The van der Waals surface area contributed by atoms with Gasteiger partial charge in [0.2, 0.25) is 0 Å². The van der Waals surface area contributed by atoms with Gasteiger partial charge in [-0.2, -0.15) is 4.21 Å². The summed E-state index contributed by atoms with van der Waals surface area (Å²) in [7, 11) is 0. The molecule has 0 aliphatic rings. The first-order chi connectivity index (χ1) is 16.8. The molecule has 5 nitrogen and oxygen atoms in total. The zero-order valence-corrected chi connectivity index (χ0v) is 19.5. The average molecular weight is 475 g/mol. The van der Waals surface area contributed by atoms with E-state index in [9.17, 15) is 4.21 Å². The van der Waals surface area contributed by atoms with Crippen molar-refractivity contribution in [1.29, 1.82) is 0 Å². The van der Waals surface area contributed by atoms with Crippen LogP contribution >= 0.6 is 0 Å². The van der Waals surface area contributed by atoms with E-state index in [1.165, 1.54) is 0 Å². The maximum atomic E-state index is 11.9. The minimum absolute atomic E-state index is 0.141. The van der Waals surface area contributed by atoms with Crippen LogP contribution in [0.15, 0.2) is 109 Å². The summed E-state index contributed by atoms with van der Waals surface area (Å²) >= 11 is -1.86. The fourth-order valence-corrected chi connectivity index (χ4v) is 3.83. The predicted molar refractivity (Wildman–Crippen MR) is 135 cm³/mol. The molecule has 34 heavy (non-hydrogen) atoms. The number of hydrogen-bond donors (Lipinski definition) is 0. The molecule has 0 amide bonds. The minimum atomic E-state index is -1.86. The smallest absolute Gasteiger partial charge is 0.304 e. The third-order valence-electron chi connectivity index (χ3n) is 4.95. The van der Waals surface area contributed by atoms with Crippen molar-refractivity contribution in [2.75, 3.05) is 26.4 Å². The van der Waals surface area contributed by atoms with Gasteiger partial charge in [-0.05, 0) is 46.5 Å². The molecule has 174 valence electrons. The Kier molecular flexibility index (Phi) is 8.85. The highest BCUT2D eigenvalue weighted by Crippen LogP contribution is 2.24. The molecule has 4 aromatic carbocycles. The highest BCUT2D eigenvalue weighted by Gasteiger charge is 2.04. The first kappa shape index (κ1) is 23.7. The van der Waals surface area contributed by atoms with E-state index in [-0.39, 0.29) is 26.4 Å². The molecule has 4 aromatic rings. The van der Waals surface area contributed by atoms with Gasteiger partial charge in [-0.1, -0.05) is 84.9 Å². The summed E-state index contributed by atoms with van der Waals surface area (Å²) in [6.45, 7) is 0.802. The van der Waals surface area contributed by atoms with Crippen molar-refractivity contribution in [3.63, 3.8) is 0 Å². The van der Waals surface area contributed by atoms with E-state index in [0.29, 0.717) is 0 Å². The Morgan fingerprint density at radius 1 is 0.471 bits per heavy atom. The molecule has 0 heterocycles. The molecule has 0 atom stereocenters. The first-order valence-electron chi connectivity index (χ1n) is 11.0. The summed E-state index contributed by atoms with van der Waals surface area (Å²) < 4.78 is 33.7. The number of hydrogen-bond acceptors (Lipinski definition) is 5. The summed E-state index contributed by atoms with van der Waals surface area (Å²) in [6.07, 6.45) is 0. The highest BCUT2D eigenvalue weighted by atomic mass is 32.2. The van der Waals surface area contributed by atoms with Crippen LogP contribution in [0.4, 0.5) is 0 Å². The van der Waals surface area contributed by atoms with E-state index in [1.807, 2.05) is 109 Å². The molecule has 0 bridgehead atoms. The molecule has 0 radical (unpaired) electrons. The lowest BCUT2D eigenvalue weighted by atomic mass is 10.1. The minimum Gasteiger partial charge on any atom is -0.491 e. The molecule has 6 heteroatoms. The van der Waals surface area contributed by atoms with Crippen LogP contribution in [-0.4, -0.2) is 30.6 Å². The zero-order chi connectivity index (χ0) is 23.4. The molecular formula is C28H26O5S. The van der Waals surface area contributed by atoms with Crippen molar-refractivity contribution in [2.45, 2.75) is 0 Å². The number of ether oxygens (including phenoxy) is 2. The second kappa shape index (κ2) is 12.7. The van der Waals surface area contributed by atoms with Crippen LogP contribution < -0.4 is 9.47 Å². The SMILES string of the molecule is O=S(OCCOc1cccc(-c2ccccc2)c1)OCCOc1cccc(-c2ccccc2)c1. The van der Waals surface area contributed by atoms with Gasteiger partial charge in [-0.25, -0.2) is 0 Å². The molecular weight excluding hydrogens is 448 g/mol. The van der Waals surface area contributed by atoms with Crippen LogP contribution in [0.5, 0.6) is 11.5 Å². The second-order valence-electron chi connectivity index (χ2n) is 7.33. The number of rotatable bonds is 12. The Hall–Kier alpha value is -3.45. The Morgan fingerprint density at radius 2 is 0.882 bits per heavy atom. The number of benzene rings is 4. The molecule has 0 saturated heterocycles. The highest BCUT2D eigenvalue weighted by molar-refractivity contribution is 7.75. The van der Waals surface area contributed by atoms with Crippen molar-refractivity contribution in [3.8, 4) is 33.8 Å². The van der Waals surface area contributed by atoms with Gasteiger partial charge < -0.3 is 9.47 Å². The van der Waals surface area contributed by atoms with Crippen molar-refractivity contribution < 1.29 is 22.0 Å². The van der Waals surface area contributed by atoms with Gasteiger partial charge in [-0.15, -0.1) is 0 Å². The quantitative estimate of drug-likeness (QED) is 0.233. The van der Waals surface area contributed by atoms with Gasteiger partial charge in [0.1, 0.15) is 37.9 Å².